The van der Waals surface area contributed by atoms with E-state index in [0.29, 0.717) is 6.42 Å². The average Bonchev–Trinajstić information content (AvgIpc) is 1.65. The van der Waals surface area contributed by atoms with E-state index in [2.05, 4.69) is 4.74 Å². The van der Waals surface area contributed by atoms with E-state index < -0.39 is 6.29 Å². The van der Waals surface area contributed by atoms with E-state index in [1.54, 1.807) is 0 Å². The fraction of sp³-hybridized carbons (Fsp3) is 1.00. The Kier molecular flexibility index (Phi) is 3.08. The normalized spacial score (nSPS) is 14.5. The van der Waals surface area contributed by atoms with Gasteiger partial charge in [0.15, 0.2) is 6.29 Å². The van der Waals surface area contributed by atoms with Crippen molar-refractivity contribution in [1.82, 2.24) is 0 Å². The molecular formula is C4H10O2. The van der Waals surface area contributed by atoms with Crippen LogP contribution in [0.2, 0.25) is 0 Å². The largest absolute Gasteiger partial charge is 0.368 e. The predicted molar refractivity (Wildman–Crippen MR) is 23.3 cm³/mol. The molecule has 0 bridgehead atoms. The third-order valence-electron chi connectivity index (χ3n) is 0.621. The van der Waals surface area contributed by atoms with E-state index >= 15 is 0 Å². The van der Waals surface area contributed by atoms with Crippen molar-refractivity contribution >= 4 is 0 Å². The summed E-state index contributed by atoms with van der Waals surface area (Å²) in [6.45, 7) is 1.86. The minimum absolute atomic E-state index is 0.565. The van der Waals surface area contributed by atoms with Crippen molar-refractivity contribution in [2.24, 2.45) is 0 Å². The van der Waals surface area contributed by atoms with Crippen LogP contribution in [0.5, 0.6) is 0 Å². The van der Waals surface area contributed by atoms with Crippen molar-refractivity contribution in [3.05, 3.63) is 0 Å². The van der Waals surface area contributed by atoms with E-state index in [1.165, 1.54) is 7.11 Å². The summed E-state index contributed by atoms with van der Waals surface area (Å²) in [5.41, 5.74) is 0. The highest BCUT2D eigenvalue weighted by Crippen LogP contribution is 1.85. The lowest BCUT2D eigenvalue weighted by Crippen LogP contribution is -2.05. The molecule has 0 radical (unpaired) electrons. The van der Waals surface area contributed by atoms with Crippen molar-refractivity contribution in [1.29, 1.82) is 0 Å². The maximum atomic E-state index is 8.44. The Labute approximate surface area is 37.7 Å². The Morgan fingerprint density at radius 2 is 2.33 bits per heavy atom. The zero-order valence-corrected chi connectivity index (χ0v) is 4.14. The van der Waals surface area contributed by atoms with Gasteiger partial charge < -0.3 is 9.84 Å². The summed E-state index contributed by atoms with van der Waals surface area (Å²) in [6.07, 6.45) is 0.0984. The molecule has 2 nitrogen and oxygen atoms in total. The second-order valence-electron chi connectivity index (χ2n) is 1.10. The van der Waals surface area contributed by atoms with E-state index in [0.717, 1.165) is 0 Å². The van der Waals surface area contributed by atoms with Gasteiger partial charge in [0.2, 0.25) is 0 Å². The Morgan fingerprint density at radius 3 is 2.33 bits per heavy atom. The van der Waals surface area contributed by atoms with Gasteiger partial charge in [-0.25, -0.2) is 0 Å². The van der Waals surface area contributed by atoms with Crippen LogP contribution in [0.1, 0.15) is 13.3 Å². The Balaban J connectivity index is 2.75. The van der Waals surface area contributed by atoms with E-state index in [1.807, 2.05) is 6.92 Å². The molecule has 0 fully saturated rings. The van der Waals surface area contributed by atoms with Gasteiger partial charge in [0.05, 0.1) is 0 Å². The van der Waals surface area contributed by atoms with Crippen LogP contribution in [0.4, 0.5) is 0 Å². The highest BCUT2D eigenvalue weighted by molar-refractivity contribution is 4.26. The predicted octanol–water partition coefficient (Wildman–Crippen LogP) is 0.361. The van der Waals surface area contributed by atoms with Gasteiger partial charge in [-0.1, -0.05) is 6.92 Å². The zero-order valence-electron chi connectivity index (χ0n) is 4.14. The molecule has 0 unspecified atom stereocenters. The monoisotopic (exact) mass is 90.1 g/mol. The van der Waals surface area contributed by atoms with E-state index in [4.69, 9.17) is 5.11 Å². The SMILES string of the molecule is CC[C@@H](O)OC. The molecular weight excluding hydrogens is 80.0 g/mol. The lowest BCUT2D eigenvalue weighted by Gasteiger charge is -2.00. The molecule has 1 atom stereocenters. The molecule has 0 aliphatic carbocycles. The second kappa shape index (κ2) is 3.12. The Hall–Kier alpha value is -0.0800. The third-order valence-corrected chi connectivity index (χ3v) is 0.621. The summed E-state index contributed by atoms with van der Waals surface area (Å²) in [5.74, 6) is 0. The van der Waals surface area contributed by atoms with Crippen molar-refractivity contribution in [3.8, 4) is 0 Å². The number of hydrogen-bond donors (Lipinski definition) is 1. The minimum atomic E-state index is -0.565. The number of rotatable bonds is 2. The molecule has 0 aromatic heterocycles. The second-order valence-corrected chi connectivity index (χ2v) is 1.10. The van der Waals surface area contributed by atoms with Crippen LogP contribution < -0.4 is 0 Å². The smallest absolute Gasteiger partial charge is 0.153 e. The highest BCUT2D eigenvalue weighted by Gasteiger charge is 1.90. The quantitative estimate of drug-likeness (QED) is 0.496. The molecule has 0 aromatic carbocycles. The van der Waals surface area contributed by atoms with Crippen molar-refractivity contribution < 1.29 is 9.84 Å². The summed E-state index contributed by atoms with van der Waals surface area (Å²) < 4.78 is 4.45. The van der Waals surface area contributed by atoms with Gasteiger partial charge in [-0.3, -0.25) is 0 Å². The molecule has 0 saturated carbocycles. The summed E-state index contributed by atoms with van der Waals surface area (Å²) in [4.78, 5) is 0. The zero-order chi connectivity index (χ0) is 4.99. The van der Waals surface area contributed by atoms with Gasteiger partial charge in [-0.15, -0.1) is 0 Å². The molecule has 0 rings (SSSR count). The van der Waals surface area contributed by atoms with Crippen LogP contribution in [0.15, 0.2) is 0 Å². The fourth-order valence-electron chi connectivity index (χ4n) is 0.167. The number of aliphatic hydroxyl groups is 1. The van der Waals surface area contributed by atoms with Crippen LogP contribution in [0.25, 0.3) is 0 Å². The molecule has 0 saturated heterocycles. The van der Waals surface area contributed by atoms with Crippen LogP contribution in [0, 0.1) is 0 Å². The van der Waals surface area contributed by atoms with E-state index in [-0.39, 0.29) is 0 Å². The van der Waals surface area contributed by atoms with Crippen LogP contribution in [-0.2, 0) is 4.74 Å². The first-order valence-electron chi connectivity index (χ1n) is 2.02. The number of ether oxygens (including phenoxy) is 1. The topological polar surface area (TPSA) is 29.5 Å². The minimum Gasteiger partial charge on any atom is -0.368 e. The maximum absolute atomic E-state index is 8.44. The van der Waals surface area contributed by atoms with Gasteiger partial charge in [-0.05, 0) is 6.42 Å². The lowest BCUT2D eigenvalue weighted by molar-refractivity contribution is -0.0748. The fourth-order valence-corrected chi connectivity index (χ4v) is 0.167. The first-order chi connectivity index (χ1) is 2.81. The summed E-state index contributed by atoms with van der Waals surface area (Å²) in [5, 5.41) is 8.44. The van der Waals surface area contributed by atoms with Gasteiger partial charge in [0.1, 0.15) is 0 Å². The molecule has 6 heavy (non-hydrogen) atoms. The highest BCUT2D eigenvalue weighted by atomic mass is 16.6. The molecule has 0 aliphatic heterocycles. The van der Waals surface area contributed by atoms with Crippen LogP contribution >= 0.6 is 0 Å². The molecule has 2 heteroatoms. The first kappa shape index (κ1) is 5.92. The average molecular weight is 90.1 g/mol. The maximum Gasteiger partial charge on any atom is 0.153 e. The summed E-state index contributed by atoms with van der Waals surface area (Å²) >= 11 is 0. The van der Waals surface area contributed by atoms with Gasteiger partial charge in [0.25, 0.3) is 0 Å². The Bertz CT molecular complexity index is 24.7. The van der Waals surface area contributed by atoms with Gasteiger partial charge >= 0.3 is 0 Å². The molecule has 0 amide bonds. The Morgan fingerprint density at radius 1 is 1.83 bits per heavy atom. The number of aliphatic hydroxyl groups excluding tert-OH is 1. The number of hydrogen-bond acceptors (Lipinski definition) is 2. The van der Waals surface area contributed by atoms with Crippen LogP contribution in [-0.4, -0.2) is 18.5 Å². The lowest BCUT2D eigenvalue weighted by atomic mass is 10.5. The van der Waals surface area contributed by atoms with Crippen molar-refractivity contribution in [2.75, 3.05) is 7.11 Å². The standard InChI is InChI=1S/C4H10O2/c1-3-4(5)6-2/h4-5H,3H2,1-2H3/t4-/m0/s1. The third kappa shape index (κ3) is 2.18. The van der Waals surface area contributed by atoms with Crippen LogP contribution in [0.3, 0.4) is 0 Å². The van der Waals surface area contributed by atoms with E-state index in [9.17, 15) is 0 Å². The summed E-state index contributed by atoms with van der Waals surface area (Å²) in [6, 6.07) is 0. The molecule has 0 heterocycles. The van der Waals surface area contributed by atoms with Crippen molar-refractivity contribution in [2.45, 2.75) is 19.6 Å². The number of methoxy groups -OCH3 is 1. The molecule has 38 valence electrons. The molecule has 0 aromatic rings. The molecule has 1 N–H and O–H groups in total. The van der Waals surface area contributed by atoms with Gasteiger partial charge in [-0.2, -0.15) is 0 Å². The first-order valence-corrected chi connectivity index (χ1v) is 2.02. The molecule has 0 aliphatic rings. The molecule has 0 spiro atoms. The summed E-state index contributed by atoms with van der Waals surface area (Å²) in [7, 11) is 1.48. The van der Waals surface area contributed by atoms with Gasteiger partial charge in [0, 0.05) is 7.11 Å². The van der Waals surface area contributed by atoms with Crippen molar-refractivity contribution in [3.63, 3.8) is 0 Å².